The number of benzene rings is 2. The molecule has 8 heteroatoms. The third-order valence-electron chi connectivity index (χ3n) is 4.39. The van der Waals surface area contributed by atoms with E-state index in [1.54, 1.807) is 19.1 Å². The van der Waals surface area contributed by atoms with Crippen LogP contribution in [0, 0.1) is 18.6 Å². The topological polar surface area (TPSA) is 66.8 Å². The SMILES string of the molecule is CCOC(=O)Oc1cn2c3c(c(F)c(F)cc3c1=O)OC(c1ccc(C)cc1)=C2. The molecule has 1 aromatic heterocycles. The lowest BCUT2D eigenvalue weighted by atomic mass is 10.1. The molecule has 6 nitrogen and oxygen atoms in total. The van der Waals surface area contributed by atoms with Crippen LogP contribution in [0.15, 0.2) is 41.3 Å². The summed E-state index contributed by atoms with van der Waals surface area (Å²) < 4.78 is 45.3. The van der Waals surface area contributed by atoms with Crippen LogP contribution in [0.2, 0.25) is 0 Å². The van der Waals surface area contributed by atoms with Gasteiger partial charge in [0, 0.05) is 5.56 Å². The summed E-state index contributed by atoms with van der Waals surface area (Å²) in [5.74, 6) is -3.04. The molecule has 0 N–H and O–H groups in total. The second-order valence-corrected chi connectivity index (χ2v) is 6.37. The van der Waals surface area contributed by atoms with E-state index in [1.165, 1.54) is 17.0 Å². The Hall–Kier alpha value is -3.68. The summed E-state index contributed by atoms with van der Waals surface area (Å²) in [4.78, 5) is 24.3. The summed E-state index contributed by atoms with van der Waals surface area (Å²) in [6, 6.07) is 7.96. The summed E-state index contributed by atoms with van der Waals surface area (Å²) >= 11 is 0. The van der Waals surface area contributed by atoms with E-state index in [9.17, 15) is 18.4 Å². The van der Waals surface area contributed by atoms with Crippen molar-refractivity contribution in [2.24, 2.45) is 0 Å². The Labute approximate surface area is 163 Å². The highest BCUT2D eigenvalue weighted by molar-refractivity contribution is 5.93. The molecule has 1 aliphatic rings. The highest BCUT2D eigenvalue weighted by Crippen LogP contribution is 2.37. The van der Waals surface area contributed by atoms with Crippen LogP contribution in [0.5, 0.6) is 11.5 Å². The lowest BCUT2D eigenvalue weighted by Crippen LogP contribution is -2.19. The normalized spacial score (nSPS) is 12.3. The van der Waals surface area contributed by atoms with Crippen LogP contribution in [0.1, 0.15) is 18.1 Å². The number of pyridine rings is 1. The minimum atomic E-state index is -1.26. The smallest absolute Gasteiger partial charge is 0.450 e. The molecule has 1 aliphatic heterocycles. The number of ether oxygens (including phenoxy) is 3. The maximum Gasteiger partial charge on any atom is 0.514 e. The number of rotatable bonds is 3. The van der Waals surface area contributed by atoms with Crippen molar-refractivity contribution in [1.29, 1.82) is 0 Å². The first-order chi connectivity index (χ1) is 13.9. The Morgan fingerprint density at radius 1 is 1.21 bits per heavy atom. The van der Waals surface area contributed by atoms with Crippen molar-refractivity contribution in [1.82, 2.24) is 4.57 Å². The van der Waals surface area contributed by atoms with Gasteiger partial charge in [0.15, 0.2) is 23.1 Å². The van der Waals surface area contributed by atoms with E-state index in [0.717, 1.165) is 11.6 Å². The Morgan fingerprint density at radius 3 is 2.62 bits per heavy atom. The lowest BCUT2D eigenvalue weighted by Gasteiger charge is -2.21. The number of nitrogens with zero attached hydrogens (tertiary/aromatic N) is 1. The zero-order valence-electron chi connectivity index (χ0n) is 15.5. The first-order valence-electron chi connectivity index (χ1n) is 8.77. The van der Waals surface area contributed by atoms with Crippen LogP contribution >= 0.6 is 0 Å². The van der Waals surface area contributed by atoms with Gasteiger partial charge in [-0.3, -0.25) is 4.79 Å². The molecule has 29 heavy (non-hydrogen) atoms. The molecule has 0 saturated carbocycles. The predicted molar refractivity (Wildman–Crippen MR) is 102 cm³/mol. The monoisotopic (exact) mass is 399 g/mol. The number of carbonyl (C=O) groups is 1. The molecule has 0 saturated heterocycles. The molecule has 0 amide bonds. The van der Waals surface area contributed by atoms with Gasteiger partial charge in [0.05, 0.1) is 24.4 Å². The molecule has 2 aromatic carbocycles. The van der Waals surface area contributed by atoms with Gasteiger partial charge in [-0.1, -0.05) is 29.8 Å². The number of hydrogen-bond acceptors (Lipinski definition) is 5. The van der Waals surface area contributed by atoms with Crippen molar-refractivity contribution < 1.29 is 27.8 Å². The van der Waals surface area contributed by atoms with Crippen LogP contribution < -0.4 is 14.9 Å². The van der Waals surface area contributed by atoms with Crippen molar-refractivity contribution in [3.8, 4) is 11.5 Å². The van der Waals surface area contributed by atoms with Gasteiger partial charge in [-0.15, -0.1) is 0 Å². The Bertz CT molecular complexity index is 1230. The molecule has 0 atom stereocenters. The summed E-state index contributed by atoms with van der Waals surface area (Å²) in [6.07, 6.45) is 1.63. The molecular weight excluding hydrogens is 384 g/mol. The molecule has 4 rings (SSSR count). The fraction of sp³-hybridized carbons (Fsp3) is 0.143. The van der Waals surface area contributed by atoms with Gasteiger partial charge in [0.25, 0.3) is 0 Å². The number of aromatic nitrogens is 1. The van der Waals surface area contributed by atoms with Gasteiger partial charge in [-0.2, -0.15) is 4.39 Å². The summed E-state index contributed by atoms with van der Waals surface area (Å²) in [6.45, 7) is 3.54. The molecule has 0 unspecified atom stereocenters. The molecule has 0 radical (unpaired) electrons. The first-order valence-corrected chi connectivity index (χ1v) is 8.77. The van der Waals surface area contributed by atoms with Gasteiger partial charge in [0.2, 0.25) is 11.2 Å². The third-order valence-corrected chi connectivity index (χ3v) is 4.39. The molecular formula is C21H15F2NO5. The minimum absolute atomic E-state index is 0.0287. The highest BCUT2D eigenvalue weighted by atomic mass is 19.2. The summed E-state index contributed by atoms with van der Waals surface area (Å²) in [7, 11) is 0. The zero-order chi connectivity index (χ0) is 20.7. The number of carbonyl (C=O) groups excluding carboxylic acids is 1. The minimum Gasteiger partial charge on any atom is -0.450 e. The molecule has 148 valence electrons. The van der Waals surface area contributed by atoms with Gasteiger partial charge in [-0.05, 0) is 19.9 Å². The molecule has 2 heterocycles. The average Bonchev–Trinajstić information content (AvgIpc) is 2.69. The quantitative estimate of drug-likeness (QED) is 0.608. The number of halogens is 2. The number of aryl methyl sites for hydroxylation is 1. The highest BCUT2D eigenvalue weighted by Gasteiger charge is 2.26. The molecule has 0 fully saturated rings. The van der Waals surface area contributed by atoms with E-state index in [0.29, 0.717) is 5.56 Å². The summed E-state index contributed by atoms with van der Waals surface area (Å²) in [5.41, 5.74) is 0.865. The van der Waals surface area contributed by atoms with Crippen LogP contribution in [-0.4, -0.2) is 17.3 Å². The molecule has 0 spiro atoms. The van der Waals surface area contributed by atoms with E-state index in [1.807, 2.05) is 19.1 Å². The molecule has 3 aromatic rings. The van der Waals surface area contributed by atoms with Crippen LogP contribution in [0.25, 0.3) is 22.9 Å². The van der Waals surface area contributed by atoms with Crippen LogP contribution in [0.3, 0.4) is 0 Å². The number of hydrogen-bond donors (Lipinski definition) is 0. The fourth-order valence-electron chi connectivity index (χ4n) is 3.02. The Balaban J connectivity index is 1.94. The molecule has 0 aliphatic carbocycles. The van der Waals surface area contributed by atoms with Crippen molar-refractivity contribution in [2.75, 3.05) is 6.61 Å². The zero-order valence-corrected chi connectivity index (χ0v) is 15.5. The second-order valence-electron chi connectivity index (χ2n) is 6.37. The summed E-state index contributed by atoms with van der Waals surface area (Å²) in [5, 5.41) is -0.195. The van der Waals surface area contributed by atoms with Crippen LogP contribution in [-0.2, 0) is 4.74 Å². The van der Waals surface area contributed by atoms with Gasteiger partial charge >= 0.3 is 6.16 Å². The van der Waals surface area contributed by atoms with Crippen LogP contribution in [0.4, 0.5) is 13.6 Å². The van der Waals surface area contributed by atoms with Crippen molar-refractivity contribution in [3.63, 3.8) is 0 Å². The predicted octanol–water partition coefficient (Wildman–Crippen LogP) is 4.47. The molecule has 0 bridgehead atoms. The standard InChI is InChI=1S/C21H15F2NO5/c1-3-27-21(26)29-16-10-24-9-15(12-6-4-11(2)5-7-12)28-20-17(23)14(22)8-13(18(20)24)19(16)25/h4-10H,3H2,1-2H3. The maximum atomic E-state index is 14.5. The van der Waals surface area contributed by atoms with E-state index in [-0.39, 0.29) is 29.0 Å². The van der Waals surface area contributed by atoms with E-state index >= 15 is 0 Å². The lowest BCUT2D eigenvalue weighted by molar-refractivity contribution is 0.104. The Kier molecular flexibility index (Phi) is 4.54. The average molecular weight is 399 g/mol. The van der Waals surface area contributed by atoms with Gasteiger partial charge in [-0.25, -0.2) is 9.18 Å². The van der Waals surface area contributed by atoms with Gasteiger partial charge in [0.1, 0.15) is 5.52 Å². The van der Waals surface area contributed by atoms with Crippen molar-refractivity contribution in [2.45, 2.75) is 13.8 Å². The van der Waals surface area contributed by atoms with E-state index in [2.05, 4.69) is 4.74 Å². The maximum absolute atomic E-state index is 14.5. The third kappa shape index (κ3) is 3.22. The fourth-order valence-corrected chi connectivity index (χ4v) is 3.02. The first kappa shape index (κ1) is 18.7. The van der Waals surface area contributed by atoms with Crippen molar-refractivity contribution >= 4 is 29.0 Å². The Morgan fingerprint density at radius 2 is 1.93 bits per heavy atom. The van der Waals surface area contributed by atoms with Gasteiger partial charge < -0.3 is 18.8 Å². The van der Waals surface area contributed by atoms with E-state index in [4.69, 9.17) is 9.47 Å². The largest absolute Gasteiger partial charge is 0.514 e. The van der Waals surface area contributed by atoms with E-state index < -0.39 is 29.0 Å². The van der Waals surface area contributed by atoms with Crippen molar-refractivity contribution in [3.05, 3.63) is 69.5 Å². The second kappa shape index (κ2) is 7.05.